The summed E-state index contributed by atoms with van der Waals surface area (Å²) in [5.41, 5.74) is 0. The van der Waals surface area contributed by atoms with Crippen LogP contribution in [-0.4, -0.2) is 6.21 Å². The van der Waals surface area contributed by atoms with Crippen molar-refractivity contribution in [2.75, 3.05) is 0 Å². The molecule has 11 heavy (non-hydrogen) atoms. The van der Waals surface area contributed by atoms with Crippen LogP contribution in [0.2, 0.25) is 0 Å². The molecule has 0 aromatic carbocycles. The van der Waals surface area contributed by atoms with Gasteiger partial charge in [-0.1, -0.05) is 12.2 Å². The molecular formula is C9H9NO. The molecule has 1 rings (SSSR count). The Morgan fingerprint density at radius 2 is 1.64 bits per heavy atom. The summed E-state index contributed by atoms with van der Waals surface area (Å²) in [6.45, 7) is 0. The van der Waals surface area contributed by atoms with Gasteiger partial charge in [-0.15, -0.1) is 0 Å². The zero-order chi connectivity index (χ0) is 7.78. The van der Waals surface area contributed by atoms with E-state index < -0.39 is 0 Å². The van der Waals surface area contributed by atoms with Crippen molar-refractivity contribution in [2.45, 2.75) is 0 Å². The molecule has 0 unspecified atom stereocenters. The summed E-state index contributed by atoms with van der Waals surface area (Å²) in [5.74, 6) is 0. The maximum atomic E-state index is 4.93. The fourth-order valence-electron chi connectivity index (χ4n) is 0.544. The van der Waals surface area contributed by atoms with Gasteiger partial charge in [-0.25, -0.2) is 0 Å². The van der Waals surface area contributed by atoms with E-state index in [2.05, 4.69) is 4.99 Å². The summed E-state index contributed by atoms with van der Waals surface area (Å²) in [7, 11) is 0. The van der Waals surface area contributed by atoms with Crippen LogP contribution in [0.3, 0.4) is 0 Å². The topological polar surface area (TPSA) is 21.6 Å². The molecular weight excluding hydrogens is 138 g/mol. The molecule has 0 radical (unpaired) electrons. The van der Waals surface area contributed by atoms with Crippen LogP contribution in [-0.2, 0) is 4.74 Å². The molecule has 0 aromatic heterocycles. The van der Waals surface area contributed by atoms with Gasteiger partial charge in [-0.05, 0) is 18.2 Å². The highest BCUT2D eigenvalue weighted by molar-refractivity contribution is 5.71. The quantitative estimate of drug-likeness (QED) is 0.514. The van der Waals surface area contributed by atoms with E-state index >= 15 is 0 Å². The normalized spacial score (nSPS) is 16.0. The molecule has 0 atom stereocenters. The van der Waals surface area contributed by atoms with Crippen molar-refractivity contribution in [2.24, 2.45) is 4.99 Å². The number of rotatable bonds is 0. The van der Waals surface area contributed by atoms with E-state index in [9.17, 15) is 0 Å². The molecule has 0 spiro atoms. The predicted molar refractivity (Wildman–Crippen MR) is 46.1 cm³/mol. The van der Waals surface area contributed by atoms with Crippen molar-refractivity contribution >= 4 is 6.21 Å². The Morgan fingerprint density at radius 1 is 0.818 bits per heavy atom. The van der Waals surface area contributed by atoms with Crippen molar-refractivity contribution in [1.29, 1.82) is 0 Å². The molecule has 0 saturated heterocycles. The highest BCUT2D eigenvalue weighted by Gasteiger charge is 1.68. The number of hydrogen-bond donors (Lipinski definition) is 0. The van der Waals surface area contributed by atoms with Gasteiger partial charge >= 0.3 is 0 Å². The van der Waals surface area contributed by atoms with Gasteiger partial charge < -0.3 is 4.74 Å². The van der Waals surface area contributed by atoms with Crippen LogP contribution in [0.5, 0.6) is 0 Å². The minimum absolute atomic E-state index is 1.56. The first-order chi connectivity index (χ1) is 5.50. The highest BCUT2D eigenvalue weighted by atomic mass is 16.5. The van der Waals surface area contributed by atoms with Crippen molar-refractivity contribution in [3.8, 4) is 0 Å². The lowest BCUT2D eigenvalue weighted by Gasteiger charge is -1.83. The Balaban J connectivity index is 2.61. The SMILES string of the molecule is C1=CC=COC=CC=NC=C1. The van der Waals surface area contributed by atoms with Gasteiger partial charge in [0.2, 0.25) is 0 Å². The molecule has 0 fully saturated rings. The fraction of sp³-hybridized carbons (Fsp3) is 0. The Labute approximate surface area is 65.9 Å². The van der Waals surface area contributed by atoms with E-state index in [1.807, 2.05) is 18.2 Å². The lowest BCUT2D eigenvalue weighted by Crippen LogP contribution is -1.65. The molecule has 1 aliphatic heterocycles. The Morgan fingerprint density at radius 3 is 2.64 bits per heavy atom. The molecule has 0 amide bonds. The molecule has 0 saturated carbocycles. The second kappa shape index (κ2) is 5.23. The number of allylic oxidation sites excluding steroid dienone is 5. The summed E-state index contributed by atoms with van der Waals surface area (Å²) in [5, 5.41) is 0. The van der Waals surface area contributed by atoms with E-state index in [4.69, 9.17) is 4.74 Å². The van der Waals surface area contributed by atoms with Gasteiger partial charge in [0.1, 0.15) is 0 Å². The first-order valence-electron chi connectivity index (χ1n) is 3.32. The lowest BCUT2D eigenvalue weighted by atomic mass is 10.5. The Kier molecular flexibility index (Phi) is 3.59. The summed E-state index contributed by atoms with van der Waals surface area (Å²) in [6, 6.07) is 0. The second-order valence-corrected chi connectivity index (χ2v) is 1.82. The smallest absolute Gasteiger partial charge is 0.0916 e. The zero-order valence-corrected chi connectivity index (χ0v) is 6.05. The standard InChI is InChI=1S/C9H9NO/c1-2-4-8-11-9-5-7-10-6-3-1/h1-9H. The van der Waals surface area contributed by atoms with Gasteiger partial charge in [0, 0.05) is 12.4 Å². The molecule has 2 nitrogen and oxygen atoms in total. The first-order valence-corrected chi connectivity index (χ1v) is 3.32. The number of hydrogen-bond acceptors (Lipinski definition) is 2. The summed E-state index contributed by atoms with van der Waals surface area (Å²) >= 11 is 0. The van der Waals surface area contributed by atoms with E-state index in [1.165, 1.54) is 0 Å². The van der Waals surface area contributed by atoms with Crippen molar-refractivity contribution in [3.05, 3.63) is 49.1 Å². The van der Waals surface area contributed by atoms with Gasteiger partial charge in [0.25, 0.3) is 0 Å². The predicted octanol–water partition coefficient (Wildman–Crippen LogP) is 2.18. The van der Waals surface area contributed by atoms with Gasteiger partial charge in [-0.3, -0.25) is 4.99 Å². The molecule has 2 heteroatoms. The summed E-state index contributed by atoms with van der Waals surface area (Å²) in [6.07, 6.45) is 15.6. The third-order valence-electron chi connectivity index (χ3n) is 0.992. The van der Waals surface area contributed by atoms with Crippen LogP contribution in [0.1, 0.15) is 0 Å². The number of nitrogens with zero attached hydrogens (tertiary/aromatic N) is 1. The summed E-state index contributed by atoms with van der Waals surface area (Å²) < 4.78 is 4.93. The average molecular weight is 147 g/mol. The van der Waals surface area contributed by atoms with Gasteiger partial charge in [0.05, 0.1) is 12.5 Å². The van der Waals surface area contributed by atoms with Crippen LogP contribution < -0.4 is 0 Å². The number of ether oxygens (including phenoxy) is 1. The Bertz CT molecular complexity index is 210. The largest absolute Gasteiger partial charge is 0.473 e. The molecule has 0 aromatic rings. The number of aliphatic imine (C=N–C) groups is 1. The maximum Gasteiger partial charge on any atom is 0.0916 e. The van der Waals surface area contributed by atoms with E-state index in [-0.39, 0.29) is 0 Å². The second-order valence-electron chi connectivity index (χ2n) is 1.82. The van der Waals surface area contributed by atoms with Crippen LogP contribution in [0.4, 0.5) is 0 Å². The third-order valence-corrected chi connectivity index (χ3v) is 0.992. The molecule has 1 heterocycles. The molecule has 0 bridgehead atoms. The van der Waals surface area contributed by atoms with E-state index in [0.717, 1.165) is 0 Å². The molecule has 56 valence electrons. The Hall–Kier alpha value is -1.57. The average Bonchev–Trinajstić information content (AvgIpc) is 2.08. The molecule has 1 aliphatic rings. The zero-order valence-electron chi connectivity index (χ0n) is 6.05. The summed E-state index contributed by atoms with van der Waals surface area (Å²) in [4.78, 5) is 3.92. The minimum Gasteiger partial charge on any atom is -0.473 e. The van der Waals surface area contributed by atoms with Crippen LogP contribution in [0, 0.1) is 0 Å². The van der Waals surface area contributed by atoms with Crippen LogP contribution in [0.15, 0.2) is 54.1 Å². The lowest BCUT2D eigenvalue weighted by molar-refractivity contribution is 0.403. The van der Waals surface area contributed by atoms with Gasteiger partial charge in [0.15, 0.2) is 0 Å². The molecule has 0 aliphatic carbocycles. The van der Waals surface area contributed by atoms with Crippen LogP contribution in [0.25, 0.3) is 0 Å². The van der Waals surface area contributed by atoms with Crippen molar-refractivity contribution in [3.63, 3.8) is 0 Å². The fourth-order valence-corrected chi connectivity index (χ4v) is 0.544. The van der Waals surface area contributed by atoms with E-state index in [1.54, 1.807) is 37.1 Å². The van der Waals surface area contributed by atoms with Crippen molar-refractivity contribution in [1.82, 2.24) is 0 Å². The van der Waals surface area contributed by atoms with Crippen LogP contribution >= 0.6 is 0 Å². The monoisotopic (exact) mass is 147 g/mol. The first kappa shape index (κ1) is 7.54. The third kappa shape index (κ3) is 3.92. The highest BCUT2D eigenvalue weighted by Crippen LogP contribution is 1.85. The maximum absolute atomic E-state index is 4.93. The van der Waals surface area contributed by atoms with E-state index in [0.29, 0.717) is 0 Å². The minimum atomic E-state index is 1.56. The van der Waals surface area contributed by atoms with Crippen molar-refractivity contribution < 1.29 is 4.74 Å². The molecule has 0 N–H and O–H groups in total. The van der Waals surface area contributed by atoms with Gasteiger partial charge in [-0.2, -0.15) is 0 Å².